The number of benzene rings is 1. The number of nitro groups is 1. The molecule has 114 valence electrons. The summed E-state index contributed by atoms with van der Waals surface area (Å²) in [6, 6.07) is 2.78. The van der Waals surface area contributed by atoms with Crippen LogP contribution in [-0.2, 0) is 0 Å². The first-order chi connectivity index (χ1) is 9.91. The molecule has 1 saturated carbocycles. The zero-order chi connectivity index (χ0) is 15.6. The predicted molar refractivity (Wildman–Crippen MR) is 73.4 cm³/mol. The first-order valence-electron chi connectivity index (χ1n) is 6.81. The summed E-state index contributed by atoms with van der Waals surface area (Å²) in [5.41, 5.74) is -0.620. The second-order valence-electron chi connectivity index (χ2n) is 5.26. The molecular weight excluding hydrogens is 279 g/mol. The van der Waals surface area contributed by atoms with E-state index in [4.69, 9.17) is 0 Å². The third-order valence-electron chi connectivity index (χ3n) is 3.90. The van der Waals surface area contributed by atoms with Gasteiger partial charge in [-0.05, 0) is 25.0 Å². The van der Waals surface area contributed by atoms with Gasteiger partial charge in [-0.15, -0.1) is 0 Å². The smallest absolute Gasteiger partial charge is 0.304 e. The van der Waals surface area contributed by atoms with Crippen molar-refractivity contribution in [3.63, 3.8) is 0 Å². The SMILES string of the molecule is CN(C(=O)c1ccc([N+](=O)[O-])c(F)c1)C1CCCCC1O. The number of nitro benzene ring substituents is 1. The minimum Gasteiger partial charge on any atom is -0.391 e. The maximum absolute atomic E-state index is 13.6. The molecule has 1 aliphatic carbocycles. The van der Waals surface area contributed by atoms with Gasteiger partial charge in [-0.1, -0.05) is 12.8 Å². The Bertz CT molecular complexity index is 564. The van der Waals surface area contributed by atoms with Gasteiger partial charge in [-0.2, -0.15) is 4.39 Å². The Morgan fingerprint density at radius 3 is 2.67 bits per heavy atom. The summed E-state index contributed by atoms with van der Waals surface area (Å²) < 4.78 is 13.6. The first-order valence-corrected chi connectivity index (χ1v) is 6.81. The van der Waals surface area contributed by atoms with Crippen LogP contribution in [0.5, 0.6) is 0 Å². The highest BCUT2D eigenvalue weighted by Crippen LogP contribution is 2.25. The molecule has 2 atom stereocenters. The highest BCUT2D eigenvalue weighted by molar-refractivity contribution is 5.94. The summed E-state index contributed by atoms with van der Waals surface area (Å²) in [4.78, 5) is 23.4. The molecule has 1 aromatic carbocycles. The van der Waals surface area contributed by atoms with Gasteiger partial charge >= 0.3 is 5.69 Å². The lowest BCUT2D eigenvalue weighted by molar-refractivity contribution is -0.387. The summed E-state index contributed by atoms with van der Waals surface area (Å²) in [6.07, 6.45) is 2.59. The van der Waals surface area contributed by atoms with E-state index in [9.17, 15) is 24.4 Å². The van der Waals surface area contributed by atoms with Gasteiger partial charge < -0.3 is 10.0 Å². The summed E-state index contributed by atoms with van der Waals surface area (Å²) in [5, 5.41) is 20.5. The topological polar surface area (TPSA) is 83.7 Å². The molecule has 7 heteroatoms. The van der Waals surface area contributed by atoms with Crippen molar-refractivity contribution in [3.05, 3.63) is 39.7 Å². The van der Waals surface area contributed by atoms with Crippen molar-refractivity contribution in [2.24, 2.45) is 0 Å². The Labute approximate surface area is 121 Å². The van der Waals surface area contributed by atoms with Crippen LogP contribution in [0.25, 0.3) is 0 Å². The fourth-order valence-electron chi connectivity index (χ4n) is 2.69. The number of rotatable bonds is 3. The molecular formula is C14H17FN2O4. The van der Waals surface area contributed by atoms with Crippen molar-refractivity contribution < 1.29 is 19.2 Å². The van der Waals surface area contributed by atoms with Gasteiger partial charge in [0.1, 0.15) is 0 Å². The molecule has 0 aromatic heterocycles. The van der Waals surface area contributed by atoms with Gasteiger partial charge in [0.15, 0.2) is 0 Å². The normalized spacial score (nSPS) is 21.9. The van der Waals surface area contributed by atoms with Crippen LogP contribution in [0.15, 0.2) is 18.2 Å². The monoisotopic (exact) mass is 296 g/mol. The first kappa shape index (κ1) is 15.4. The van der Waals surface area contributed by atoms with Crippen LogP contribution in [0.2, 0.25) is 0 Å². The molecule has 6 nitrogen and oxygen atoms in total. The number of amides is 1. The van der Waals surface area contributed by atoms with E-state index in [0.29, 0.717) is 12.8 Å². The van der Waals surface area contributed by atoms with Gasteiger partial charge in [0.05, 0.1) is 17.1 Å². The van der Waals surface area contributed by atoms with Crippen molar-refractivity contribution in [2.75, 3.05) is 7.05 Å². The van der Waals surface area contributed by atoms with Crippen molar-refractivity contribution in [2.45, 2.75) is 37.8 Å². The van der Waals surface area contributed by atoms with Gasteiger partial charge in [0.2, 0.25) is 5.82 Å². The van der Waals surface area contributed by atoms with Crippen LogP contribution in [0.3, 0.4) is 0 Å². The largest absolute Gasteiger partial charge is 0.391 e. The molecule has 0 heterocycles. The average molecular weight is 296 g/mol. The Kier molecular flexibility index (Phi) is 4.52. The van der Waals surface area contributed by atoms with E-state index < -0.39 is 28.4 Å². The Hall–Kier alpha value is -2.02. The average Bonchev–Trinajstić information content (AvgIpc) is 2.45. The number of aliphatic hydroxyl groups excluding tert-OH is 1. The molecule has 0 bridgehead atoms. The van der Waals surface area contributed by atoms with Gasteiger partial charge in [0, 0.05) is 18.7 Å². The zero-order valence-electron chi connectivity index (χ0n) is 11.7. The highest BCUT2D eigenvalue weighted by atomic mass is 19.1. The second-order valence-corrected chi connectivity index (χ2v) is 5.26. The number of carbonyl (C=O) groups excluding carboxylic acids is 1. The van der Waals surface area contributed by atoms with E-state index in [-0.39, 0.29) is 11.6 Å². The molecule has 0 aliphatic heterocycles. The lowest BCUT2D eigenvalue weighted by Gasteiger charge is -2.35. The third-order valence-corrected chi connectivity index (χ3v) is 3.90. The van der Waals surface area contributed by atoms with Crippen molar-refractivity contribution >= 4 is 11.6 Å². The summed E-state index contributed by atoms with van der Waals surface area (Å²) in [7, 11) is 1.56. The Balaban J connectivity index is 2.19. The molecule has 1 aliphatic rings. The van der Waals surface area contributed by atoms with Gasteiger partial charge in [0.25, 0.3) is 5.91 Å². The molecule has 2 unspecified atom stereocenters. The zero-order valence-corrected chi connectivity index (χ0v) is 11.7. The molecule has 21 heavy (non-hydrogen) atoms. The number of hydrogen-bond donors (Lipinski definition) is 1. The second kappa shape index (κ2) is 6.17. The van der Waals surface area contributed by atoms with Crippen LogP contribution in [0.4, 0.5) is 10.1 Å². The molecule has 1 amide bonds. The van der Waals surface area contributed by atoms with Crippen LogP contribution in [0.1, 0.15) is 36.0 Å². The standard InChI is InChI=1S/C14H17FN2O4/c1-16(12-4-2-3-5-13(12)18)14(19)9-6-7-11(17(20)21)10(15)8-9/h6-8,12-13,18H,2-5H2,1H3. The third kappa shape index (κ3) is 3.18. The number of nitrogens with zero attached hydrogens (tertiary/aromatic N) is 2. The summed E-state index contributed by atoms with van der Waals surface area (Å²) in [5.74, 6) is -1.49. The van der Waals surface area contributed by atoms with Crippen molar-refractivity contribution in [1.29, 1.82) is 0 Å². The number of aliphatic hydroxyl groups is 1. The van der Waals surface area contributed by atoms with Crippen LogP contribution < -0.4 is 0 Å². The van der Waals surface area contributed by atoms with E-state index >= 15 is 0 Å². The van der Waals surface area contributed by atoms with Crippen LogP contribution >= 0.6 is 0 Å². The molecule has 2 rings (SSSR count). The molecule has 0 saturated heterocycles. The number of carbonyl (C=O) groups is 1. The van der Waals surface area contributed by atoms with Gasteiger partial charge in [-0.25, -0.2) is 0 Å². The van der Waals surface area contributed by atoms with Crippen molar-refractivity contribution in [1.82, 2.24) is 4.90 Å². The van der Waals surface area contributed by atoms with Crippen molar-refractivity contribution in [3.8, 4) is 0 Å². The summed E-state index contributed by atoms with van der Waals surface area (Å²) in [6.45, 7) is 0. The molecule has 0 spiro atoms. The van der Waals surface area contributed by atoms with E-state index in [1.807, 2.05) is 0 Å². The van der Waals surface area contributed by atoms with Crippen LogP contribution in [0, 0.1) is 15.9 Å². The maximum atomic E-state index is 13.6. The Morgan fingerprint density at radius 1 is 1.43 bits per heavy atom. The lowest BCUT2D eigenvalue weighted by atomic mass is 9.91. The minimum absolute atomic E-state index is 0.0402. The van der Waals surface area contributed by atoms with E-state index in [2.05, 4.69) is 0 Å². The molecule has 1 fully saturated rings. The van der Waals surface area contributed by atoms with E-state index in [1.165, 1.54) is 11.0 Å². The quantitative estimate of drug-likeness (QED) is 0.684. The van der Waals surface area contributed by atoms with E-state index in [0.717, 1.165) is 25.0 Å². The lowest BCUT2D eigenvalue weighted by Crippen LogP contribution is -2.46. The fraction of sp³-hybridized carbons (Fsp3) is 0.500. The Morgan fingerprint density at radius 2 is 2.10 bits per heavy atom. The van der Waals surface area contributed by atoms with Crippen LogP contribution in [-0.4, -0.2) is 40.0 Å². The molecule has 0 radical (unpaired) electrons. The molecule has 1 aromatic rings. The highest BCUT2D eigenvalue weighted by Gasteiger charge is 2.30. The minimum atomic E-state index is -1.04. The number of likely N-dealkylation sites (N-methyl/N-ethyl adjacent to an activating group) is 1. The predicted octanol–water partition coefficient (Wildman–Crippen LogP) is 2.11. The van der Waals surface area contributed by atoms with Gasteiger partial charge in [-0.3, -0.25) is 14.9 Å². The number of halogens is 1. The maximum Gasteiger partial charge on any atom is 0.304 e. The van der Waals surface area contributed by atoms with E-state index in [1.54, 1.807) is 7.05 Å². The summed E-state index contributed by atoms with van der Waals surface area (Å²) >= 11 is 0. The molecule has 1 N–H and O–H groups in total. The fourth-order valence-corrected chi connectivity index (χ4v) is 2.69. The number of hydrogen-bond acceptors (Lipinski definition) is 4.